The molecule has 0 aromatic rings. The SMILES string of the molecule is O=S1(=O)CC(F)C(C(F)F)C1. The monoisotopic (exact) mass is 188 g/mol. The third-order valence-corrected chi connectivity index (χ3v) is 3.37. The number of halogens is 3. The summed E-state index contributed by atoms with van der Waals surface area (Å²) in [7, 11) is -3.54. The predicted octanol–water partition coefficient (Wildman–Crippen LogP) is 0.634. The Bertz CT molecular complexity index is 236. The Morgan fingerprint density at radius 3 is 2.00 bits per heavy atom. The van der Waals surface area contributed by atoms with Gasteiger partial charge in [-0.1, -0.05) is 0 Å². The quantitative estimate of drug-likeness (QED) is 0.605. The van der Waals surface area contributed by atoms with E-state index < -0.39 is 39.9 Å². The highest BCUT2D eigenvalue weighted by molar-refractivity contribution is 7.91. The number of rotatable bonds is 1. The van der Waals surface area contributed by atoms with Crippen molar-refractivity contribution in [1.29, 1.82) is 0 Å². The summed E-state index contributed by atoms with van der Waals surface area (Å²) in [5.41, 5.74) is 0. The largest absolute Gasteiger partial charge is 0.246 e. The van der Waals surface area contributed by atoms with E-state index in [1.54, 1.807) is 0 Å². The first-order valence-corrected chi connectivity index (χ1v) is 4.87. The van der Waals surface area contributed by atoms with Crippen LogP contribution < -0.4 is 0 Å². The van der Waals surface area contributed by atoms with Crippen LogP contribution in [0.1, 0.15) is 0 Å². The fourth-order valence-corrected chi connectivity index (χ4v) is 2.87. The summed E-state index contributed by atoms with van der Waals surface area (Å²) in [5.74, 6) is -3.08. The molecule has 0 radical (unpaired) electrons. The third-order valence-electron chi connectivity index (χ3n) is 1.65. The smallest absolute Gasteiger partial charge is 0.245 e. The average Bonchev–Trinajstić information content (AvgIpc) is 2.05. The molecule has 11 heavy (non-hydrogen) atoms. The third kappa shape index (κ3) is 1.85. The van der Waals surface area contributed by atoms with Gasteiger partial charge < -0.3 is 0 Å². The minimum atomic E-state index is -3.54. The van der Waals surface area contributed by atoms with Crippen LogP contribution in [-0.4, -0.2) is 32.5 Å². The summed E-state index contributed by atoms with van der Waals surface area (Å²) in [6.45, 7) is 0. The lowest BCUT2D eigenvalue weighted by molar-refractivity contribution is 0.0535. The molecule has 2 nitrogen and oxygen atoms in total. The van der Waals surface area contributed by atoms with E-state index in [2.05, 4.69) is 0 Å². The lowest BCUT2D eigenvalue weighted by Gasteiger charge is -2.07. The van der Waals surface area contributed by atoms with Gasteiger partial charge in [-0.3, -0.25) is 0 Å². The van der Waals surface area contributed by atoms with Crippen LogP contribution in [0.5, 0.6) is 0 Å². The Balaban J connectivity index is 2.75. The normalized spacial score (nSPS) is 36.4. The maximum absolute atomic E-state index is 12.5. The second kappa shape index (κ2) is 2.66. The fraction of sp³-hybridized carbons (Fsp3) is 1.00. The first-order valence-electron chi connectivity index (χ1n) is 3.05. The van der Waals surface area contributed by atoms with E-state index in [-0.39, 0.29) is 0 Å². The van der Waals surface area contributed by atoms with Crippen LogP contribution in [0, 0.1) is 5.92 Å². The Kier molecular flexibility index (Phi) is 2.13. The van der Waals surface area contributed by atoms with E-state index in [0.717, 1.165) is 0 Å². The van der Waals surface area contributed by atoms with E-state index in [1.807, 2.05) is 0 Å². The van der Waals surface area contributed by atoms with Gasteiger partial charge in [0.25, 0.3) is 0 Å². The number of sulfone groups is 1. The Labute approximate surface area is 62.3 Å². The highest BCUT2D eigenvalue weighted by atomic mass is 32.2. The highest BCUT2D eigenvalue weighted by Gasteiger charge is 2.42. The average molecular weight is 188 g/mol. The van der Waals surface area contributed by atoms with Crippen LogP contribution in [-0.2, 0) is 9.84 Å². The molecule has 6 heteroatoms. The molecular formula is C5H7F3O2S. The molecule has 1 heterocycles. The first kappa shape index (κ1) is 8.83. The van der Waals surface area contributed by atoms with E-state index >= 15 is 0 Å². The lowest BCUT2D eigenvalue weighted by atomic mass is 10.1. The van der Waals surface area contributed by atoms with E-state index in [1.165, 1.54) is 0 Å². The summed E-state index contributed by atoms with van der Waals surface area (Å²) in [4.78, 5) is 0. The van der Waals surface area contributed by atoms with Gasteiger partial charge in [-0.25, -0.2) is 21.6 Å². The number of alkyl halides is 3. The number of hydrogen-bond donors (Lipinski definition) is 0. The number of hydrogen-bond acceptors (Lipinski definition) is 2. The predicted molar refractivity (Wildman–Crippen MR) is 33.0 cm³/mol. The molecule has 0 saturated carbocycles. The Hall–Kier alpha value is -0.260. The standard InChI is InChI=1S/C5H7F3O2S/c6-4-2-11(9,10)1-3(4)5(7)8/h3-5H,1-2H2. The summed E-state index contributed by atoms with van der Waals surface area (Å²) in [6.07, 6.45) is -4.76. The molecule has 2 atom stereocenters. The molecule has 0 aliphatic carbocycles. The fourth-order valence-electron chi connectivity index (χ4n) is 1.06. The van der Waals surface area contributed by atoms with Crippen LogP contribution in [0.15, 0.2) is 0 Å². The van der Waals surface area contributed by atoms with Crippen molar-refractivity contribution in [1.82, 2.24) is 0 Å². The second-order valence-electron chi connectivity index (χ2n) is 2.59. The molecule has 1 saturated heterocycles. The summed E-state index contributed by atoms with van der Waals surface area (Å²) >= 11 is 0. The van der Waals surface area contributed by atoms with Gasteiger partial charge in [0, 0.05) is 0 Å². The van der Waals surface area contributed by atoms with Gasteiger partial charge >= 0.3 is 0 Å². The summed E-state index contributed by atoms with van der Waals surface area (Å²) in [5, 5.41) is 0. The van der Waals surface area contributed by atoms with E-state index in [0.29, 0.717) is 0 Å². The molecular weight excluding hydrogens is 181 g/mol. The van der Waals surface area contributed by atoms with Crippen molar-refractivity contribution >= 4 is 9.84 Å². The highest BCUT2D eigenvalue weighted by Crippen LogP contribution is 2.27. The molecule has 2 unspecified atom stereocenters. The minimum absolute atomic E-state index is 0.716. The maximum atomic E-state index is 12.5. The zero-order valence-corrected chi connectivity index (χ0v) is 6.32. The molecule has 0 N–H and O–H groups in total. The molecule has 1 rings (SSSR count). The van der Waals surface area contributed by atoms with Crippen molar-refractivity contribution in [2.24, 2.45) is 5.92 Å². The molecule has 1 aliphatic heterocycles. The van der Waals surface area contributed by atoms with Crippen molar-refractivity contribution in [3.63, 3.8) is 0 Å². The van der Waals surface area contributed by atoms with Gasteiger partial charge in [0.2, 0.25) is 6.43 Å². The zero-order chi connectivity index (χ0) is 8.65. The van der Waals surface area contributed by atoms with Gasteiger partial charge in [0.1, 0.15) is 6.17 Å². The molecule has 1 aliphatic rings. The summed E-state index contributed by atoms with van der Waals surface area (Å²) < 4.78 is 57.3. The van der Waals surface area contributed by atoms with Crippen molar-refractivity contribution in [3.8, 4) is 0 Å². The van der Waals surface area contributed by atoms with Gasteiger partial charge in [-0.2, -0.15) is 0 Å². The van der Waals surface area contributed by atoms with Crippen molar-refractivity contribution in [2.45, 2.75) is 12.6 Å². The molecule has 0 aromatic heterocycles. The molecule has 0 aromatic carbocycles. The van der Waals surface area contributed by atoms with Crippen molar-refractivity contribution in [2.75, 3.05) is 11.5 Å². The van der Waals surface area contributed by atoms with Gasteiger partial charge in [-0.15, -0.1) is 0 Å². The molecule has 0 spiro atoms. The van der Waals surface area contributed by atoms with E-state index in [9.17, 15) is 21.6 Å². The topological polar surface area (TPSA) is 34.1 Å². The van der Waals surface area contributed by atoms with Gasteiger partial charge in [-0.05, 0) is 0 Å². The zero-order valence-electron chi connectivity index (χ0n) is 5.50. The van der Waals surface area contributed by atoms with Gasteiger partial charge in [0.15, 0.2) is 9.84 Å². The molecule has 0 amide bonds. The summed E-state index contributed by atoms with van der Waals surface area (Å²) in [6, 6.07) is 0. The second-order valence-corrected chi connectivity index (χ2v) is 4.75. The lowest BCUT2D eigenvalue weighted by Crippen LogP contribution is -2.20. The molecule has 1 fully saturated rings. The molecule has 0 bridgehead atoms. The Morgan fingerprint density at radius 1 is 1.27 bits per heavy atom. The Morgan fingerprint density at radius 2 is 1.82 bits per heavy atom. The van der Waals surface area contributed by atoms with Crippen LogP contribution in [0.25, 0.3) is 0 Å². The van der Waals surface area contributed by atoms with Crippen LogP contribution in [0.4, 0.5) is 13.2 Å². The molecule has 66 valence electrons. The van der Waals surface area contributed by atoms with Crippen LogP contribution in [0.3, 0.4) is 0 Å². The first-order chi connectivity index (χ1) is 4.92. The van der Waals surface area contributed by atoms with Gasteiger partial charge in [0.05, 0.1) is 17.4 Å². The minimum Gasteiger partial charge on any atom is -0.246 e. The maximum Gasteiger partial charge on any atom is 0.245 e. The van der Waals surface area contributed by atoms with Crippen LogP contribution >= 0.6 is 0 Å². The van der Waals surface area contributed by atoms with Crippen molar-refractivity contribution in [3.05, 3.63) is 0 Å². The van der Waals surface area contributed by atoms with Crippen molar-refractivity contribution < 1.29 is 21.6 Å². The van der Waals surface area contributed by atoms with E-state index in [4.69, 9.17) is 0 Å². The van der Waals surface area contributed by atoms with Crippen LogP contribution in [0.2, 0.25) is 0 Å².